The number of hydrogen-bond acceptors (Lipinski definition) is 1. The second-order valence-electron chi connectivity index (χ2n) is 5.54. The molecule has 1 aliphatic carbocycles. The minimum absolute atomic E-state index is 0. The monoisotopic (exact) mass is 451 g/mol. The molecule has 1 fully saturated rings. The number of hydrogen-bond donors (Lipinski definition) is 2. The van der Waals surface area contributed by atoms with Crippen molar-refractivity contribution < 1.29 is 13.2 Å². The molecule has 0 saturated heterocycles. The van der Waals surface area contributed by atoms with E-state index in [0.29, 0.717) is 23.5 Å². The molecule has 24 heavy (non-hydrogen) atoms. The van der Waals surface area contributed by atoms with Gasteiger partial charge in [-0.1, -0.05) is 24.8 Å². The Hall–Kier alpha value is -1.43. The molecule has 0 bridgehead atoms. The highest BCUT2D eigenvalue weighted by Crippen LogP contribution is 2.29. The maximum Gasteiger partial charge on any atom is 0.416 e. The zero-order chi connectivity index (χ0) is 16.9. The summed E-state index contributed by atoms with van der Waals surface area (Å²) in [5.74, 6) is 6.85. The third-order valence-electron chi connectivity index (χ3n) is 3.51. The summed E-state index contributed by atoms with van der Waals surface area (Å²) in [6.07, 6.45) is -3.22. The highest BCUT2D eigenvalue weighted by molar-refractivity contribution is 14.0. The van der Waals surface area contributed by atoms with Crippen LogP contribution in [0.15, 0.2) is 29.3 Å². The summed E-state index contributed by atoms with van der Waals surface area (Å²) in [7, 11) is 0. The maximum atomic E-state index is 12.6. The Kier molecular flexibility index (Phi) is 7.87. The van der Waals surface area contributed by atoms with Gasteiger partial charge in [-0.25, -0.2) is 4.99 Å². The van der Waals surface area contributed by atoms with Crippen molar-refractivity contribution in [3.8, 4) is 11.8 Å². The number of benzene rings is 1. The smallest absolute Gasteiger partial charge is 0.357 e. The molecule has 7 heteroatoms. The van der Waals surface area contributed by atoms with Gasteiger partial charge < -0.3 is 10.6 Å². The van der Waals surface area contributed by atoms with Crippen LogP contribution in [0.3, 0.4) is 0 Å². The molecule has 0 aromatic heterocycles. The van der Waals surface area contributed by atoms with E-state index in [9.17, 15) is 13.2 Å². The molecular weight excluding hydrogens is 430 g/mol. The molecule has 1 aliphatic rings. The summed E-state index contributed by atoms with van der Waals surface area (Å²) >= 11 is 0. The third-order valence-corrected chi connectivity index (χ3v) is 3.51. The molecule has 2 rings (SSSR count). The van der Waals surface area contributed by atoms with E-state index in [1.165, 1.54) is 6.07 Å². The molecule has 0 aliphatic heterocycles. The standard InChI is InChI=1S/C17H20F3N3.HI/c1-3-21-16(23-15-10-12(15)2)22-9-5-7-13-6-4-8-14(11-13)17(18,19)20;/h4,6,8,11-12,15H,3,9-10H2,1-2H3,(H2,21,22,23);1H. The van der Waals surface area contributed by atoms with Gasteiger partial charge in [-0.15, -0.1) is 24.0 Å². The van der Waals surface area contributed by atoms with Gasteiger partial charge >= 0.3 is 6.18 Å². The van der Waals surface area contributed by atoms with Gasteiger partial charge in [0.25, 0.3) is 0 Å². The molecule has 132 valence electrons. The van der Waals surface area contributed by atoms with Crippen LogP contribution in [0, 0.1) is 17.8 Å². The van der Waals surface area contributed by atoms with Gasteiger partial charge in [0.2, 0.25) is 0 Å². The molecule has 2 atom stereocenters. The minimum atomic E-state index is -4.35. The number of rotatable bonds is 3. The first-order chi connectivity index (χ1) is 10.9. The Bertz CT molecular complexity index is 632. The summed E-state index contributed by atoms with van der Waals surface area (Å²) in [4.78, 5) is 4.31. The van der Waals surface area contributed by atoms with E-state index in [-0.39, 0.29) is 30.5 Å². The lowest BCUT2D eigenvalue weighted by molar-refractivity contribution is -0.137. The molecule has 2 N–H and O–H groups in total. The molecule has 0 spiro atoms. The fourth-order valence-electron chi connectivity index (χ4n) is 2.05. The van der Waals surface area contributed by atoms with Crippen molar-refractivity contribution >= 4 is 29.9 Å². The van der Waals surface area contributed by atoms with Gasteiger partial charge in [0.1, 0.15) is 6.54 Å². The van der Waals surface area contributed by atoms with Crippen LogP contribution in [-0.4, -0.2) is 25.1 Å². The Balaban J connectivity index is 0.00000288. The zero-order valence-electron chi connectivity index (χ0n) is 13.6. The van der Waals surface area contributed by atoms with E-state index in [4.69, 9.17) is 0 Å². The second kappa shape index (κ2) is 9.16. The molecule has 0 heterocycles. The van der Waals surface area contributed by atoms with Crippen molar-refractivity contribution in [2.75, 3.05) is 13.1 Å². The van der Waals surface area contributed by atoms with Gasteiger partial charge in [-0.3, -0.25) is 0 Å². The van der Waals surface area contributed by atoms with E-state index >= 15 is 0 Å². The van der Waals surface area contributed by atoms with Gasteiger partial charge in [-0.05, 0) is 37.5 Å². The molecule has 1 aromatic carbocycles. The number of alkyl halides is 3. The summed E-state index contributed by atoms with van der Waals surface area (Å²) < 4.78 is 37.9. The predicted molar refractivity (Wildman–Crippen MR) is 100 cm³/mol. The number of halogens is 4. The lowest BCUT2D eigenvalue weighted by atomic mass is 10.1. The van der Waals surface area contributed by atoms with Crippen molar-refractivity contribution in [3.63, 3.8) is 0 Å². The van der Waals surface area contributed by atoms with E-state index < -0.39 is 11.7 Å². The number of guanidine groups is 1. The lowest BCUT2D eigenvalue weighted by Gasteiger charge is -2.09. The van der Waals surface area contributed by atoms with Crippen LogP contribution in [0.2, 0.25) is 0 Å². The normalized spacial score (nSPS) is 19.6. The SMILES string of the molecule is CCNC(=NCC#Cc1cccc(C(F)(F)F)c1)NC1CC1C.I. The Labute approximate surface area is 157 Å². The fraction of sp³-hybridized carbons (Fsp3) is 0.471. The van der Waals surface area contributed by atoms with Crippen molar-refractivity contribution in [2.24, 2.45) is 10.9 Å². The Morgan fingerprint density at radius 3 is 2.67 bits per heavy atom. The average Bonchev–Trinajstić information content (AvgIpc) is 3.18. The Morgan fingerprint density at radius 2 is 2.08 bits per heavy atom. The Morgan fingerprint density at radius 1 is 1.38 bits per heavy atom. The van der Waals surface area contributed by atoms with Crippen LogP contribution in [0.25, 0.3) is 0 Å². The molecular formula is C17H21F3IN3. The topological polar surface area (TPSA) is 36.4 Å². The molecule has 1 aromatic rings. The first-order valence-electron chi connectivity index (χ1n) is 7.61. The number of aliphatic imine (C=N–C) groups is 1. The number of nitrogens with one attached hydrogen (secondary N) is 2. The van der Waals surface area contributed by atoms with E-state index in [1.54, 1.807) is 6.07 Å². The molecule has 3 nitrogen and oxygen atoms in total. The zero-order valence-corrected chi connectivity index (χ0v) is 15.9. The number of nitrogens with zero attached hydrogens (tertiary/aromatic N) is 1. The highest BCUT2D eigenvalue weighted by Gasteiger charge is 2.33. The first-order valence-corrected chi connectivity index (χ1v) is 7.61. The quantitative estimate of drug-likeness (QED) is 0.319. The van der Waals surface area contributed by atoms with Crippen LogP contribution in [0.1, 0.15) is 31.4 Å². The van der Waals surface area contributed by atoms with Crippen LogP contribution in [0.5, 0.6) is 0 Å². The summed E-state index contributed by atoms with van der Waals surface area (Å²) in [5, 5.41) is 6.42. The third kappa shape index (κ3) is 6.59. The molecule has 2 unspecified atom stereocenters. The van der Waals surface area contributed by atoms with E-state index in [2.05, 4.69) is 34.4 Å². The molecule has 0 radical (unpaired) electrons. The predicted octanol–water partition coefficient (Wildman–Crippen LogP) is 3.64. The average molecular weight is 451 g/mol. The van der Waals surface area contributed by atoms with Gasteiger partial charge in [0.05, 0.1) is 5.56 Å². The maximum absolute atomic E-state index is 12.6. The van der Waals surface area contributed by atoms with E-state index in [1.807, 2.05) is 6.92 Å². The lowest BCUT2D eigenvalue weighted by Crippen LogP contribution is -2.39. The summed E-state index contributed by atoms with van der Waals surface area (Å²) in [5.41, 5.74) is -0.352. The van der Waals surface area contributed by atoms with Crippen LogP contribution in [0.4, 0.5) is 13.2 Å². The van der Waals surface area contributed by atoms with Crippen LogP contribution >= 0.6 is 24.0 Å². The van der Waals surface area contributed by atoms with Gasteiger partial charge in [0.15, 0.2) is 5.96 Å². The van der Waals surface area contributed by atoms with E-state index in [0.717, 1.165) is 25.1 Å². The van der Waals surface area contributed by atoms with Crippen molar-refractivity contribution in [1.29, 1.82) is 0 Å². The van der Waals surface area contributed by atoms with Crippen LogP contribution < -0.4 is 10.6 Å². The van der Waals surface area contributed by atoms with Crippen molar-refractivity contribution in [3.05, 3.63) is 35.4 Å². The second-order valence-corrected chi connectivity index (χ2v) is 5.54. The molecule has 0 amide bonds. The fourth-order valence-corrected chi connectivity index (χ4v) is 2.05. The first kappa shape index (κ1) is 20.6. The van der Waals surface area contributed by atoms with Crippen molar-refractivity contribution in [1.82, 2.24) is 10.6 Å². The molecule has 1 saturated carbocycles. The highest BCUT2D eigenvalue weighted by atomic mass is 127. The van der Waals surface area contributed by atoms with Crippen LogP contribution in [-0.2, 0) is 6.18 Å². The summed E-state index contributed by atoms with van der Waals surface area (Å²) in [6, 6.07) is 5.45. The van der Waals surface area contributed by atoms with Crippen molar-refractivity contribution in [2.45, 2.75) is 32.5 Å². The largest absolute Gasteiger partial charge is 0.416 e. The van der Waals surface area contributed by atoms with Gasteiger partial charge in [-0.2, -0.15) is 13.2 Å². The minimum Gasteiger partial charge on any atom is -0.357 e. The summed E-state index contributed by atoms with van der Waals surface area (Å²) in [6.45, 7) is 5.11. The van der Waals surface area contributed by atoms with Gasteiger partial charge in [0, 0.05) is 18.2 Å².